The predicted octanol–water partition coefficient (Wildman–Crippen LogP) is 3.11. The fourth-order valence-electron chi connectivity index (χ4n) is 2.83. The van der Waals surface area contributed by atoms with Gasteiger partial charge in [-0.3, -0.25) is 4.98 Å². The van der Waals surface area contributed by atoms with Gasteiger partial charge < -0.3 is 9.80 Å². The van der Waals surface area contributed by atoms with Crippen molar-refractivity contribution in [1.29, 1.82) is 0 Å². The summed E-state index contributed by atoms with van der Waals surface area (Å²) in [5.41, 5.74) is 4.35. The molecule has 1 aliphatic heterocycles. The molecule has 1 aromatic carbocycles. The molecular weight excluding hydrogens is 292 g/mol. The molecule has 5 heteroatoms. The number of piperazine rings is 1. The van der Waals surface area contributed by atoms with Gasteiger partial charge in [0.15, 0.2) is 0 Å². The number of hydrogen-bond donors (Lipinski definition) is 0. The van der Waals surface area contributed by atoms with Crippen molar-refractivity contribution in [2.24, 2.45) is 0 Å². The standard InChI is InChI=1S/C17H18N4S/c1-20-7-9-21(10-8-20)17-16-15(19-22-17)11-14(12-18-16)13-5-3-2-4-6-13/h2-6,11-12H,7-10H2,1H3. The van der Waals surface area contributed by atoms with E-state index in [4.69, 9.17) is 4.98 Å². The highest BCUT2D eigenvalue weighted by atomic mass is 32.1. The second kappa shape index (κ2) is 5.66. The van der Waals surface area contributed by atoms with Crippen LogP contribution in [0.15, 0.2) is 42.6 Å². The van der Waals surface area contributed by atoms with Crippen molar-refractivity contribution in [3.8, 4) is 11.1 Å². The zero-order chi connectivity index (χ0) is 14.9. The number of rotatable bonds is 2. The van der Waals surface area contributed by atoms with Gasteiger partial charge in [0.25, 0.3) is 0 Å². The Bertz CT molecular complexity index is 776. The lowest BCUT2D eigenvalue weighted by atomic mass is 10.1. The highest BCUT2D eigenvalue weighted by Gasteiger charge is 2.19. The van der Waals surface area contributed by atoms with E-state index in [0.29, 0.717) is 0 Å². The van der Waals surface area contributed by atoms with Gasteiger partial charge in [0.05, 0.1) is 0 Å². The summed E-state index contributed by atoms with van der Waals surface area (Å²) in [6.45, 7) is 4.30. The van der Waals surface area contributed by atoms with Crippen LogP contribution < -0.4 is 4.90 Å². The van der Waals surface area contributed by atoms with E-state index in [1.54, 1.807) is 11.5 Å². The molecule has 0 bridgehead atoms. The zero-order valence-electron chi connectivity index (χ0n) is 12.6. The van der Waals surface area contributed by atoms with Crippen molar-refractivity contribution < 1.29 is 0 Å². The minimum absolute atomic E-state index is 1.00. The fourth-order valence-corrected chi connectivity index (χ4v) is 3.69. The van der Waals surface area contributed by atoms with Crippen molar-refractivity contribution in [1.82, 2.24) is 14.3 Å². The van der Waals surface area contributed by atoms with Crippen LogP contribution >= 0.6 is 11.5 Å². The van der Waals surface area contributed by atoms with E-state index in [-0.39, 0.29) is 0 Å². The molecule has 22 heavy (non-hydrogen) atoms. The Labute approximate surface area is 134 Å². The first-order valence-electron chi connectivity index (χ1n) is 7.55. The van der Waals surface area contributed by atoms with E-state index in [2.05, 4.69) is 51.6 Å². The number of fused-ring (bicyclic) bond motifs is 1. The first-order valence-corrected chi connectivity index (χ1v) is 8.33. The van der Waals surface area contributed by atoms with E-state index < -0.39 is 0 Å². The SMILES string of the molecule is CN1CCN(c2snc3cc(-c4ccccc4)cnc23)CC1. The summed E-state index contributed by atoms with van der Waals surface area (Å²) in [5.74, 6) is 0. The van der Waals surface area contributed by atoms with Gasteiger partial charge >= 0.3 is 0 Å². The number of pyridine rings is 1. The molecule has 1 saturated heterocycles. The minimum atomic E-state index is 1.00. The van der Waals surface area contributed by atoms with Crippen LogP contribution in [0.2, 0.25) is 0 Å². The largest absolute Gasteiger partial charge is 0.358 e. The molecular formula is C17H18N4S. The number of nitrogens with zero attached hydrogens (tertiary/aromatic N) is 4. The number of likely N-dealkylation sites (N-methyl/N-ethyl adjacent to an activating group) is 1. The van der Waals surface area contributed by atoms with Crippen LogP contribution in [0, 0.1) is 0 Å². The van der Waals surface area contributed by atoms with E-state index >= 15 is 0 Å². The Hall–Kier alpha value is -1.98. The molecule has 0 saturated carbocycles. The Balaban J connectivity index is 1.69. The summed E-state index contributed by atoms with van der Waals surface area (Å²) >= 11 is 1.57. The summed E-state index contributed by atoms with van der Waals surface area (Å²) in [7, 11) is 2.17. The quantitative estimate of drug-likeness (QED) is 0.728. The maximum Gasteiger partial charge on any atom is 0.138 e. The van der Waals surface area contributed by atoms with E-state index in [0.717, 1.165) is 42.8 Å². The van der Waals surface area contributed by atoms with E-state index in [1.807, 2.05) is 12.3 Å². The van der Waals surface area contributed by atoms with Crippen LogP contribution in [0.25, 0.3) is 22.2 Å². The van der Waals surface area contributed by atoms with E-state index in [1.165, 1.54) is 10.6 Å². The maximum absolute atomic E-state index is 4.70. The second-order valence-electron chi connectivity index (χ2n) is 5.74. The van der Waals surface area contributed by atoms with Crippen molar-refractivity contribution in [2.75, 3.05) is 38.1 Å². The minimum Gasteiger partial charge on any atom is -0.358 e. The fraction of sp³-hybridized carbons (Fsp3) is 0.294. The van der Waals surface area contributed by atoms with Crippen molar-refractivity contribution >= 4 is 27.6 Å². The molecule has 0 N–H and O–H groups in total. The van der Waals surface area contributed by atoms with Crippen LogP contribution in [-0.2, 0) is 0 Å². The van der Waals surface area contributed by atoms with Crippen molar-refractivity contribution in [3.63, 3.8) is 0 Å². The average molecular weight is 310 g/mol. The summed E-state index contributed by atoms with van der Waals surface area (Å²) in [6.07, 6.45) is 1.96. The molecule has 112 valence electrons. The lowest BCUT2D eigenvalue weighted by Crippen LogP contribution is -2.44. The summed E-state index contributed by atoms with van der Waals surface area (Å²) in [4.78, 5) is 9.48. The third kappa shape index (κ3) is 2.46. The number of anilines is 1. The Morgan fingerprint density at radius 3 is 2.55 bits per heavy atom. The molecule has 2 aromatic heterocycles. The first-order chi connectivity index (χ1) is 10.8. The molecule has 4 nitrogen and oxygen atoms in total. The summed E-state index contributed by atoms with van der Waals surface area (Å²) in [5, 5.41) is 1.21. The molecule has 0 aliphatic carbocycles. The van der Waals surface area contributed by atoms with Crippen LogP contribution in [-0.4, -0.2) is 47.5 Å². The van der Waals surface area contributed by atoms with Crippen molar-refractivity contribution in [3.05, 3.63) is 42.6 Å². The Morgan fingerprint density at radius 2 is 1.77 bits per heavy atom. The molecule has 3 aromatic rings. The van der Waals surface area contributed by atoms with Gasteiger partial charge in [-0.15, -0.1) is 0 Å². The van der Waals surface area contributed by atoms with Gasteiger partial charge in [-0.1, -0.05) is 30.3 Å². The molecule has 1 fully saturated rings. The molecule has 4 rings (SSSR count). The molecule has 0 amide bonds. The highest BCUT2D eigenvalue weighted by molar-refractivity contribution is 7.11. The number of aromatic nitrogens is 2. The van der Waals surface area contributed by atoms with Crippen molar-refractivity contribution in [2.45, 2.75) is 0 Å². The molecule has 0 spiro atoms. The number of benzene rings is 1. The second-order valence-corrected chi connectivity index (χ2v) is 6.49. The monoisotopic (exact) mass is 310 g/mol. The van der Waals surface area contributed by atoms with Gasteiger partial charge in [-0.05, 0) is 30.2 Å². The van der Waals surface area contributed by atoms with Gasteiger partial charge in [-0.25, -0.2) is 0 Å². The normalized spacial score (nSPS) is 16.3. The number of hydrogen-bond acceptors (Lipinski definition) is 5. The third-order valence-corrected chi connectivity index (χ3v) is 5.11. The summed E-state index contributed by atoms with van der Waals surface area (Å²) < 4.78 is 4.62. The van der Waals surface area contributed by atoms with Gasteiger partial charge in [0.2, 0.25) is 0 Å². The van der Waals surface area contributed by atoms with Crippen LogP contribution in [0.5, 0.6) is 0 Å². The van der Waals surface area contributed by atoms with E-state index in [9.17, 15) is 0 Å². The molecule has 0 radical (unpaired) electrons. The smallest absolute Gasteiger partial charge is 0.138 e. The zero-order valence-corrected chi connectivity index (χ0v) is 13.4. The molecule has 0 atom stereocenters. The lowest BCUT2D eigenvalue weighted by molar-refractivity contribution is 0.313. The Morgan fingerprint density at radius 1 is 1.00 bits per heavy atom. The van der Waals surface area contributed by atoms with Gasteiger partial charge in [0.1, 0.15) is 16.0 Å². The maximum atomic E-state index is 4.70. The van der Waals surface area contributed by atoms with Crippen LogP contribution in [0.3, 0.4) is 0 Å². The molecule has 3 heterocycles. The van der Waals surface area contributed by atoms with Crippen LogP contribution in [0.4, 0.5) is 5.00 Å². The molecule has 0 unspecified atom stereocenters. The van der Waals surface area contributed by atoms with Gasteiger partial charge in [-0.2, -0.15) is 4.37 Å². The highest BCUT2D eigenvalue weighted by Crippen LogP contribution is 2.32. The Kier molecular flexibility index (Phi) is 3.52. The topological polar surface area (TPSA) is 32.3 Å². The summed E-state index contributed by atoms with van der Waals surface area (Å²) in [6, 6.07) is 12.5. The molecule has 1 aliphatic rings. The van der Waals surface area contributed by atoms with Crippen LogP contribution in [0.1, 0.15) is 0 Å². The first kappa shape index (κ1) is 13.7. The predicted molar refractivity (Wildman–Crippen MR) is 92.6 cm³/mol. The average Bonchev–Trinajstić information content (AvgIpc) is 2.99. The third-order valence-electron chi connectivity index (χ3n) is 4.20. The van der Waals surface area contributed by atoms with Gasteiger partial charge in [0, 0.05) is 37.9 Å². The lowest BCUT2D eigenvalue weighted by Gasteiger charge is -2.32.